The van der Waals surface area contributed by atoms with Crippen molar-refractivity contribution in [3.8, 4) is 5.75 Å². The lowest BCUT2D eigenvalue weighted by Crippen LogP contribution is -2.05. The van der Waals surface area contributed by atoms with Gasteiger partial charge in [0.2, 0.25) is 0 Å². The SMILES string of the molecule is CCO.O=Cc1ccccc1O[N+](=O)[O-]. The van der Waals surface area contributed by atoms with Crippen LogP contribution in [0.4, 0.5) is 0 Å². The molecular formula is C9H11NO5. The third-order valence-corrected chi connectivity index (χ3v) is 1.22. The monoisotopic (exact) mass is 213 g/mol. The molecule has 15 heavy (non-hydrogen) atoms. The minimum absolute atomic E-state index is 0.0440. The Balaban J connectivity index is 0.000000583. The van der Waals surface area contributed by atoms with E-state index in [0.29, 0.717) is 6.29 Å². The van der Waals surface area contributed by atoms with E-state index >= 15 is 0 Å². The standard InChI is InChI=1S/C7H5NO4.C2H6O/c9-5-6-3-1-2-4-7(6)12-8(10)11;1-2-3/h1-5H;3H,2H2,1H3. The first-order valence-electron chi connectivity index (χ1n) is 4.13. The minimum atomic E-state index is -0.956. The molecule has 0 heterocycles. The lowest BCUT2D eigenvalue weighted by Gasteiger charge is -1.99. The van der Waals surface area contributed by atoms with Gasteiger partial charge in [0, 0.05) is 12.2 Å². The first kappa shape index (κ1) is 13.1. The second-order valence-electron chi connectivity index (χ2n) is 2.29. The zero-order valence-corrected chi connectivity index (χ0v) is 8.12. The second-order valence-corrected chi connectivity index (χ2v) is 2.29. The number of hydrogen-bond acceptors (Lipinski definition) is 5. The molecule has 6 heteroatoms. The predicted octanol–water partition coefficient (Wildman–Crippen LogP) is 1.07. The van der Waals surface area contributed by atoms with Gasteiger partial charge in [-0.25, -0.2) is 0 Å². The van der Waals surface area contributed by atoms with Gasteiger partial charge in [-0.3, -0.25) is 9.63 Å². The summed E-state index contributed by atoms with van der Waals surface area (Å²) in [7, 11) is 0. The van der Waals surface area contributed by atoms with Crippen molar-refractivity contribution < 1.29 is 19.8 Å². The van der Waals surface area contributed by atoms with E-state index in [4.69, 9.17) is 5.11 Å². The average molecular weight is 213 g/mol. The molecular weight excluding hydrogens is 202 g/mol. The van der Waals surface area contributed by atoms with Crippen LogP contribution in [0, 0.1) is 10.1 Å². The van der Waals surface area contributed by atoms with Gasteiger partial charge in [0.15, 0.2) is 6.29 Å². The Morgan fingerprint density at radius 2 is 2.07 bits per heavy atom. The smallest absolute Gasteiger partial charge is 0.299 e. The fourth-order valence-corrected chi connectivity index (χ4v) is 0.741. The molecule has 1 rings (SSSR count). The Morgan fingerprint density at radius 1 is 1.53 bits per heavy atom. The molecule has 0 aliphatic rings. The van der Waals surface area contributed by atoms with Crippen LogP contribution in [0.15, 0.2) is 24.3 Å². The molecule has 0 aliphatic carbocycles. The summed E-state index contributed by atoms with van der Waals surface area (Å²) < 4.78 is 0. The first-order valence-corrected chi connectivity index (χ1v) is 4.13. The maximum atomic E-state index is 10.3. The van der Waals surface area contributed by atoms with Crippen LogP contribution in [0.3, 0.4) is 0 Å². The highest BCUT2D eigenvalue weighted by Gasteiger charge is 2.03. The Hall–Kier alpha value is -1.95. The van der Waals surface area contributed by atoms with Crippen molar-refractivity contribution in [3.05, 3.63) is 39.9 Å². The molecule has 6 nitrogen and oxygen atoms in total. The van der Waals surface area contributed by atoms with Gasteiger partial charge >= 0.3 is 0 Å². The van der Waals surface area contributed by atoms with Gasteiger partial charge in [0.05, 0.1) is 0 Å². The number of benzene rings is 1. The molecule has 1 aromatic carbocycles. The number of para-hydroxylation sites is 1. The van der Waals surface area contributed by atoms with Gasteiger partial charge < -0.3 is 5.11 Å². The van der Waals surface area contributed by atoms with Crippen molar-refractivity contribution in [2.24, 2.45) is 0 Å². The van der Waals surface area contributed by atoms with Crippen LogP contribution in [-0.4, -0.2) is 23.1 Å². The number of carbonyl (C=O) groups is 1. The van der Waals surface area contributed by atoms with E-state index in [1.54, 1.807) is 19.1 Å². The summed E-state index contributed by atoms with van der Waals surface area (Å²) in [5.74, 6) is -0.0440. The number of nitrogens with zero attached hydrogens (tertiary/aromatic N) is 1. The van der Waals surface area contributed by atoms with Crippen molar-refractivity contribution in [2.75, 3.05) is 6.61 Å². The molecule has 0 aliphatic heterocycles. The van der Waals surface area contributed by atoms with Crippen molar-refractivity contribution >= 4 is 6.29 Å². The van der Waals surface area contributed by atoms with E-state index in [1.807, 2.05) is 0 Å². The minimum Gasteiger partial charge on any atom is -0.397 e. The molecule has 0 fully saturated rings. The number of aliphatic hydroxyl groups is 1. The van der Waals surface area contributed by atoms with Crippen molar-refractivity contribution in [1.29, 1.82) is 0 Å². The van der Waals surface area contributed by atoms with Crippen molar-refractivity contribution in [2.45, 2.75) is 6.92 Å². The molecule has 0 saturated carbocycles. The van der Waals surface area contributed by atoms with Crippen LogP contribution < -0.4 is 4.84 Å². The molecule has 0 saturated heterocycles. The van der Waals surface area contributed by atoms with E-state index in [-0.39, 0.29) is 17.9 Å². The zero-order valence-electron chi connectivity index (χ0n) is 8.12. The van der Waals surface area contributed by atoms with Crippen LogP contribution in [0.5, 0.6) is 5.75 Å². The summed E-state index contributed by atoms with van der Waals surface area (Å²) in [4.78, 5) is 24.3. The molecule has 0 amide bonds. The highest BCUT2D eigenvalue weighted by atomic mass is 17.0. The maximum absolute atomic E-state index is 10.3. The van der Waals surface area contributed by atoms with Gasteiger partial charge in [0.1, 0.15) is 5.75 Å². The summed E-state index contributed by atoms with van der Waals surface area (Å²) in [6, 6.07) is 5.93. The number of rotatable bonds is 3. The summed E-state index contributed by atoms with van der Waals surface area (Å²) in [6.07, 6.45) is 0.499. The fraction of sp³-hybridized carbons (Fsp3) is 0.222. The fourth-order valence-electron chi connectivity index (χ4n) is 0.741. The van der Waals surface area contributed by atoms with E-state index < -0.39 is 5.09 Å². The molecule has 1 N–H and O–H groups in total. The average Bonchev–Trinajstić information content (AvgIpc) is 2.19. The zero-order chi connectivity index (χ0) is 11.7. The van der Waals surface area contributed by atoms with Crippen LogP contribution >= 0.6 is 0 Å². The molecule has 0 unspecified atom stereocenters. The number of carbonyl (C=O) groups excluding carboxylic acids is 1. The van der Waals surface area contributed by atoms with E-state index in [9.17, 15) is 14.9 Å². The van der Waals surface area contributed by atoms with Crippen LogP contribution in [0.1, 0.15) is 17.3 Å². The lowest BCUT2D eigenvalue weighted by molar-refractivity contribution is -0.711. The molecule has 0 spiro atoms. The molecule has 0 aromatic heterocycles. The molecule has 1 aromatic rings. The van der Waals surface area contributed by atoms with Crippen LogP contribution in [-0.2, 0) is 0 Å². The van der Waals surface area contributed by atoms with E-state index in [1.165, 1.54) is 12.1 Å². The molecule has 0 radical (unpaired) electrons. The lowest BCUT2D eigenvalue weighted by atomic mass is 10.2. The van der Waals surface area contributed by atoms with Crippen molar-refractivity contribution in [3.63, 3.8) is 0 Å². The molecule has 0 bridgehead atoms. The Kier molecular flexibility index (Phi) is 6.48. The summed E-state index contributed by atoms with van der Waals surface area (Å²) in [5, 5.41) is 16.5. The van der Waals surface area contributed by atoms with Gasteiger partial charge in [-0.15, -0.1) is 10.1 Å². The summed E-state index contributed by atoms with van der Waals surface area (Å²) >= 11 is 0. The summed E-state index contributed by atoms with van der Waals surface area (Å²) in [5.41, 5.74) is 0.161. The third-order valence-electron chi connectivity index (χ3n) is 1.22. The Bertz CT molecular complexity index is 326. The van der Waals surface area contributed by atoms with Crippen molar-refractivity contribution in [1.82, 2.24) is 0 Å². The third kappa shape index (κ3) is 5.37. The van der Waals surface area contributed by atoms with Crippen LogP contribution in [0.2, 0.25) is 0 Å². The normalized spacial score (nSPS) is 8.40. The second kappa shape index (κ2) is 7.45. The highest BCUT2D eigenvalue weighted by molar-refractivity contribution is 5.78. The van der Waals surface area contributed by atoms with E-state index in [2.05, 4.69) is 4.84 Å². The number of aliphatic hydroxyl groups excluding tert-OH is 1. The first-order chi connectivity index (χ1) is 7.15. The van der Waals surface area contributed by atoms with E-state index in [0.717, 1.165) is 0 Å². The van der Waals surface area contributed by atoms with Gasteiger partial charge in [-0.1, -0.05) is 12.1 Å². The number of aldehydes is 1. The predicted molar refractivity (Wildman–Crippen MR) is 52.2 cm³/mol. The Labute approximate surface area is 86.2 Å². The largest absolute Gasteiger partial charge is 0.397 e. The topological polar surface area (TPSA) is 89.7 Å². The van der Waals surface area contributed by atoms with Gasteiger partial charge in [-0.2, -0.15) is 0 Å². The molecule has 0 atom stereocenters. The summed E-state index contributed by atoms with van der Waals surface area (Å²) in [6.45, 7) is 1.93. The Morgan fingerprint density at radius 3 is 2.53 bits per heavy atom. The van der Waals surface area contributed by atoms with Crippen LogP contribution in [0.25, 0.3) is 0 Å². The quantitative estimate of drug-likeness (QED) is 0.460. The molecule has 82 valence electrons. The number of hydrogen-bond donors (Lipinski definition) is 1. The van der Waals surface area contributed by atoms with Gasteiger partial charge in [0.25, 0.3) is 5.09 Å². The van der Waals surface area contributed by atoms with Gasteiger partial charge in [-0.05, 0) is 19.1 Å². The highest BCUT2D eigenvalue weighted by Crippen LogP contribution is 2.14. The maximum Gasteiger partial charge on any atom is 0.299 e.